The Balaban J connectivity index is 1.73. The minimum absolute atomic E-state index is 0.148. The van der Waals surface area contributed by atoms with Gasteiger partial charge in [-0.2, -0.15) is 0 Å². The van der Waals surface area contributed by atoms with E-state index in [1.807, 2.05) is 18.9 Å². The molecule has 4 nitrogen and oxygen atoms in total. The number of hydrogen-bond acceptors (Lipinski definition) is 3. The topological polar surface area (TPSA) is 43.8 Å². The van der Waals surface area contributed by atoms with Crippen LogP contribution in [-0.4, -0.2) is 59.6 Å². The first kappa shape index (κ1) is 10.9. The zero-order chi connectivity index (χ0) is 11.1. The van der Waals surface area contributed by atoms with Crippen molar-refractivity contribution < 1.29 is 9.90 Å². The van der Waals surface area contributed by atoms with E-state index in [2.05, 4.69) is 0 Å². The molecule has 0 aromatic rings. The summed E-state index contributed by atoms with van der Waals surface area (Å²) in [6.45, 7) is 4.54. The van der Waals surface area contributed by atoms with Crippen LogP contribution in [0.1, 0.15) is 19.8 Å². The Labute approximate surface area is 90.9 Å². The van der Waals surface area contributed by atoms with E-state index in [9.17, 15) is 9.90 Å². The predicted molar refractivity (Wildman–Crippen MR) is 57.4 cm³/mol. The molecule has 0 aromatic heterocycles. The molecule has 0 atom stereocenters. The molecule has 86 valence electrons. The van der Waals surface area contributed by atoms with Gasteiger partial charge in [0.05, 0.1) is 12.1 Å². The van der Waals surface area contributed by atoms with Crippen molar-refractivity contribution in [3.05, 3.63) is 0 Å². The largest absolute Gasteiger partial charge is 0.387 e. The van der Waals surface area contributed by atoms with Gasteiger partial charge in [0.15, 0.2) is 0 Å². The highest BCUT2D eigenvalue weighted by Crippen LogP contribution is 2.44. The molecular weight excluding hydrogens is 192 g/mol. The molecule has 0 radical (unpaired) electrons. The highest BCUT2D eigenvalue weighted by molar-refractivity contribution is 5.78. The lowest BCUT2D eigenvalue weighted by molar-refractivity contribution is -0.143. The average Bonchev–Trinajstić information content (AvgIpc) is 2.96. The summed E-state index contributed by atoms with van der Waals surface area (Å²) in [4.78, 5) is 15.3. The maximum Gasteiger partial charge on any atom is 0.236 e. The molecule has 0 bridgehead atoms. The van der Waals surface area contributed by atoms with Gasteiger partial charge < -0.3 is 10.0 Å². The van der Waals surface area contributed by atoms with Crippen LogP contribution in [0.3, 0.4) is 0 Å². The second-order valence-electron chi connectivity index (χ2n) is 4.93. The van der Waals surface area contributed by atoms with Crippen LogP contribution < -0.4 is 0 Å². The summed E-state index contributed by atoms with van der Waals surface area (Å²) in [7, 11) is 1.81. The van der Waals surface area contributed by atoms with E-state index in [4.69, 9.17) is 0 Å². The van der Waals surface area contributed by atoms with E-state index in [0.717, 1.165) is 19.4 Å². The lowest BCUT2D eigenvalue weighted by atomic mass is 9.89. The molecule has 1 saturated carbocycles. The molecule has 1 aliphatic carbocycles. The van der Waals surface area contributed by atoms with Crippen LogP contribution in [-0.2, 0) is 4.79 Å². The highest BCUT2D eigenvalue weighted by Gasteiger charge is 2.51. The van der Waals surface area contributed by atoms with Crippen molar-refractivity contribution in [2.45, 2.75) is 25.4 Å². The van der Waals surface area contributed by atoms with Gasteiger partial charge in [-0.3, -0.25) is 9.69 Å². The number of carbonyl (C=O) groups is 1. The summed E-state index contributed by atoms with van der Waals surface area (Å²) < 4.78 is 0. The van der Waals surface area contributed by atoms with Gasteiger partial charge in [0.25, 0.3) is 0 Å². The van der Waals surface area contributed by atoms with Gasteiger partial charge in [-0.25, -0.2) is 0 Å². The minimum atomic E-state index is -0.467. The molecule has 2 fully saturated rings. The molecule has 0 unspecified atom stereocenters. The lowest BCUT2D eigenvalue weighted by Gasteiger charge is -2.47. The Morgan fingerprint density at radius 3 is 2.60 bits per heavy atom. The number of likely N-dealkylation sites (N-methyl/N-ethyl adjacent to an activating group) is 1. The fourth-order valence-electron chi connectivity index (χ4n) is 2.21. The van der Waals surface area contributed by atoms with E-state index >= 15 is 0 Å². The number of amides is 1. The van der Waals surface area contributed by atoms with Gasteiger partial charge in [-0.1, -0.05) is 0 Å². The number of β-amino-alcohol motifs (C(OH)–C–C–N with tert-alkyl or cyclic N) is 1. The monoisotopic (exact) mass is 212 g/mol. The maximum absolute atomic E-state index is 11.6. The zero-order valence-corrected chi connectivity index (χ0v) is 9.57. The van der Waals surface area contributed by atoms with Gasteiger partial charge in [0, 0.05) is 26.7 Å². The van der Waals surface area contributed by atoms with Crippen molar-refractivity contribution in [1.82, 2.24) is 9.80 Å². The number of hydrogen-bond donors (Lipinski definition) is 1. The van der Waals surface area contributed by atoms with Crippen LogP contribution in [0.2, 0.25) is 0 Å². The minimum Gasteiger partial charge on any atom is -0.387 e. The van der Waals surface area contributed by atoms with Gasteiger partial charge in [-0.15, -0.1) is 0 Å². The Morgan fingerprint density at radius 1 is 1.53 bits per heavy atom. The Hall–Kier alpha value is -0.610. The van der Waals surface area contributed by atoms with Crippen molar-refractivity contribution in [2.75, 3.05) is 33.2 Å². The molecular formula is C11H20N2O2. The second kappa shape index (κ2) is 3.76. The van der Waals surface area contributed by atoms with E-state index in [0.29, 0.717) is 25.6 Å². The van der Waals surface area contributed by atoms with Crippen molar-refractivity contribution >= 4 is 5.91 Å². The van der Waals surface area contributed by atoms with Crippen LogP contribution in [0.25, 0.3) is 0 Å². The third-order valence-electron chi connectivity index (χ3n) is 3.59. The van der Waals surface area contributed by atoms with Gasteiger partial charge in [-0.05, 0) is 25.7 Å². The highest BCUT2D eigenvalue weighted by atomic mass is 16.3. The zero-order valence-electron chi connectivity index (χ0n) is 9.57. The number of carbonyl (C=O) groups excluding carboxylic acids is 1. The molecule has 0 spiro atoms. The first-order valence-electron chi connectivity index (χ1n) is 5.74. The van der Waals surface area contributed by atoms with Crippen molar-refractivity contribution in [3.8, 4) is 0 Å². The molecule has 1 N–H and O–H groups in total. The van der Waals surface area contributed by atoms with E-state index < -0.39 is 5.60 Å². The van der Waals surface area contributed by atoms with E-state index in [-0.39, 0.29) is 5.91 Å². The van der Waals surface area contributed by atoms with Gasteiger partial charge in [0.1, 0.15) is 0 Å². The Morgan fingerprint density at radius 2 is 2.13 bits per heavy atom. The molecule has 1 heterocycles. The van der Waals surface area contributed by atoms with Crippen LogP contribution in [0, 0.1) is 5.92 Å². The lowest BCUT2D eigenvalue weighted by Crippen LogP contribution is -2.64. The fourth-order valence-corrected chi connectivity index (χ4v) is 2.21. The van der Waals surface area contributed by atoms with E-state index in [1.54, 1.807) is 4.90 Å². The summed E-state index contributed by atoms with van der Waals surface area (Å²) in [6, 6.07) is 0. The van der Waals surface area contributed by atoms with Crippen LogP contribution in [0.4, 0.5) is 0 Å². The molecule has 1 aliphatic heterocycles. The van der Waals surface area contributed by atoms with Crippen molar-refractivity contribution in [1.29, 1.82) is 0 Å². The first-order valence-corrected chi connectivity index (χ1v) is 5.74. The normalized spacial score (nSPS) is 24.7. The van der Waals surface area contributed by atoms with Gasteiger partial charge >= 0.3 is 0 Å². The second-order valence-corrected chi connectivity index (χ2v) is 4.93. The number of likely N-dealkylation sites (tertiary alicyclic amines) is 1. The van der Waals surface area contributed by atoms with E-state index in [1.165, 1.54) is 0 Å². The SMILES string of the molecule is CCN(C)C(=O)CN1CC(O)(C2CC2)C1. The van der Waals surface area contributed by atoms with Crippen molar-refractivity contribution in [3.63, 3.8) is 0 Å². The fraction of sp³-hybridized carbons (Fsp3) is 0.909. The maximum atomic E-state index is 11.6. The molecule has 1 saturated heterocycles. The molecule has 2 rings (SSSR count). The molecule has 0 aromatic carbocycles. The molecule has 1 amide bonds. The van der Waals surface area contributed by atoms with Crippen LogP contribution in [0.5, 0.6) is 0 Å². The van der Waals surface area contributed by atoms with Crippen LogP contribution in [0.15, 0.2) is 0 Å². The Kier molecular flexibility index (Phi) is 2.73. The predicted octanol–water partition coefficient (Wildman–Crippen LogP) is -0.0786. The third-order valence-corrected chi connectivity index (χ3v) is 3.59. The molecule has 15 heavy (non-hydrogen) atoms. The summed E-state index contributed by atoms with van der Waals surface area (Å²) in [6.07, 6.45) is 2.32. The van der Waals surface area contributed by atoms with Crippen molar-refractivity contribution in [2.24, 2.45) is 5.92 Å². The molecule has 4 heteroatoms. The van der Waals surface area contributed by atoms with Gasteiger partial charge in [0.2, 0.25) is 5.91 Å². The average molecular weight is 212 g/mol. The van der Waals surface area contributed by atoms with Crippen LogP contribution >= 0.6 is 0 Å². The Bertz CT molecular complexity index is 257. The summed E-state index contributed by atoms with van der Waals surface area (Å²) in [5.41, 5.74) is -0.467. The first-order chi connectivity index (χ1) is 7.05. The number of aliphatic hydroxyl groups is 1. The summed E-state index contributed by atoms with van der Waals surface area (Å²) in [5.74, 6) is 0.656. The summed E-state index contributed by atoms with van der Waals surface area (Å²) in [5, 5.41) is 10.1. The molecule has 2 aliphatic rings. The summed E-state index contributed by atoms with van der Waals surface area (Å²) >= 11 is 0. The number of rotatable bonds is 4. The number of nitrogens with zero attached hydrogens (tertiary/aromatic N) is 2. The standard InChI is InChI=1S/C11H20N2O2/c1-3-12(2)10(14)6-13-7-11(15,8-13)9-4-5-9/h9,15H,3-8H2,1-2H3. The third kappa shape index (κ3) is 2.16. The quantitative estimate of drug-likeness (QED) is 0.709. The smallest absolute Gasteiger partial charge is 0.236 e.